The minimum absolute atomic E-state index is 0.0356. The molecule has 0 aromatic heterocycles. The molecule has 3 nitrogen and oxygen atoms in total. The molecule has 1 aliphatic heterocycles. The summed E-state index contributed by atoms with van der Waals surface area (Å²) in [5.74, 6) is 1.92. The molecule has 3 unspecified atom stereocenters. The van der Waals surface area contributed by atoms with Crippen molar-refractivity contribution in [2.45, 2.75) is 32.8 Å². The highest BCUT2D eigenvalue weighted by molar-refractivity contribution is 4.93. The standard InChI is InChI=1S/C13H25NO2/c1-10(2)9-16-6-5-14-7-11-3-4-13(15)12(11)8-14/h10-13,15H,3-9H2,1-2H3. The third kappa shape index (κ3) is 2.96. The van der Waals surface area contributed by atoms with Crippen LogP contribution in [-0.4, -0.2) is 49.0 Å². The van der Waals surface area contributed by atoms with Gasteiger partial charge in [0.25, 0.3) is 0 Å². The summed E-state index contributed by atoms with van der Waals surface area (Å²) in [6.07, 6.45) is 2.20. The maximum atomic E-state index is 9.80. The highest BCUT2D eigenvalue weighted by Crippen LogP contribution is 2.37. The van der Waals surface area contributed by atoms with E-state index < -0.39 is 0 Å². The molecule has 3 atom stereocenters. The van der Waals surface area contributed by atoms with Crippen molar-refractivity contribution in [3.05, 3.63) is 0 Å². The Hall–Kier alpha value is -0.120. The highest BCUT2D eigenvalue weighted by Gasteiger charge is 2.41. The second-order valence-corrected chi connectivity index (χ2v) is 5.80. The number of fused-ring (bicyclic) bond motifs is 1. The number of hydrogen-bond acceptors (Lipinski definition) is 3. The molecule has 1 heterocycles. The van der Waals surface area contributed by atoms with Crippen LogP contribution in [0.5, 0.6) is 0 Å². The van der Waals surface area contributed by atoms with Crippen molar-refractivity contribution in [1.29, 1.82) is 0 Å². The lowest BCUT2D eigenvalue weighted by Crippen LogP contribution is -2.28. The molecule has 1 saturated heterocycles. The smallest absolute Gasteiger partial charge is 0.0593 e. The SMILES string of the molecule is CC(C)COCCN1CC2CCC(O)C2C1. The van der Waals surface area contributed by atoms with Crippen LogP contribution in [0.1, 0.15) is 26.7 Å². The van der Waals surface area contributed by atoms with E-state index in [0.717, 1.165) is 38.6 Å². The maximum absolute atomic E-state index is 9.80. The van der Waals surface area contributed by atoms with Crippen LogP contribution in [0, 0.1) is 17.8 Å². The van der Waals surface area contributed by atoms with E-state index >= 15 is 0 Å². The van der Waals surface area contributed by atoms with Crippen LogP contribution >= 0.6 is 0 Å². The lowest BCUT2D eigenvalue weighted by Gasteiger charge is -2.18. The molecule has 2 rings (SSSR count). The van der Waals surface area contributed by atoms with Crippen LogP contribution in [0.2, 0.25) is 0 Å². The average Bonchev–Trinajstić information content (AvgIpc) is 2.76. The Bertz CT molecular complexity index is 220. The number of aliphatic hydroxyl groups is 1. The molecule has 1 N–H and O–H groups in total. The van der Waals surface area contributed by atoms with Crippen LogP contribution in [0.4, 0.5) is 0 Å². The topological polar surface area (TPSA) is 32.7 Å². The van der Waals surface area contributed by atoms with Gasteiger partial charge in [-0.3, -0.25) is 0 Å². The Morgan fingerprint density at radius 1 is 1.31 bits per heavy atom. The van der Waals surface area contributed by atoms with Gasteiger partial charge in [0.05, 0.1) is 12.7 Å². The molecule has 3 heteroatoms. The van der Waals surface area contributed by atoms with E-state index in [9.17, 15) is 5.11 Å². The summed E-state index contributed by atoms with van der Waals surface area (Å²) in [6.45, 7) is 9.35. The monoisotopic (exact) mass is 227 g/mol. The summed E-state index contributed by atoms with van der Waals surface area (Å²) in [5, 5.41) is 9.80. The van der Waals surface area contributed by atoms with E-state index in [1.165, 1.54) is 13.0 Å². The van der Waals surface area contributed by atoms with Crippen LogP contribution in [0.15, 0.2) is 0 Å². The van der Waals surface area contributed by atoms with E-state index in [-0.39, 0.29) is 6.10 Å². The van der Waals surface area contributed by atoms with Gasteiger partial charge in [-0.05, 0) is 24.7 Å². The number of rotatable bonds is 5. The summed E-state index contributed by atoms with van der Waals surface area (Å²) < 4.78 is 5.60. The van der Waals surface area contributed by atoms with Crippen LogP contribution in [0.3, 0.4) is 0 Å². The Balaban J connectivity index is 1.62. The fourth-order valence-electron chi connectivity index (χ4n) is 3.02. The molecular formula is C13H25NO2. The van der Waals surface area contributed by atoms with Gasteiger partial charge >= 0.3 is 0 Å². The molecule has 1 aliphatic carbocycles. The first-order valence-electron chi connectivity index (χ1n) is 6.65. The van der Waals surface area contributed by atoms with Gasteiger partial charge in [-0.1, -0.05) is 13.8 Å². The summed E-state index contributed by atoms with van der Waals surface area (Å²) in [5.41, 5.74) is 0. The quantitative estimate of drug-likeness (QED) is 0.720. The zero-order valence-corrected chi connectivity index (χ0v) is 10.6. The zero-order chi connectivity index (χ0) is 11.5. The van der Waals surface area contributed by atoms with Crippen LogP contribution in [0.25, 0.3) is 0 Å². The molecule has 2 fully saturated rings. The van der Waals surface area contributed by atoms with Crippen LogP contribution < -0.4 is 0 Å². The number of hydrogen-bond donors (Lipinski definition) is 1. The number of nitrogens with zero attached hydrogens (tertiary/aromatic N) is 1. The number of likely N-dealkylation sites (tertiary alicyclic amines) is 1. The second kappa shape index (κ2) is 5.48. The van der Waals surface area contributed by atoms with Gasteiger partial charge in [0.1, 0.15) is 0 Å². The summed E-state index contributed by atoms with van der Waals surface area (Å²) in [6, 6.07) is 0. The van der Waals surface area contributed by atoms with Crippen molar-refractivity contribution in [3.8, 4) is 0 Å². The normalized spacial score (nSPS) is 34.9. The van der Waals surface area contributed by atoms with Gasteiger partial charge in [-0.2, -0.15) is 0 Å². The number of aliphatic hydroxyl groups excluding tert-OH is 1. The maximum Gasteiger partial charge on any atom is 0.0593 e. The van der Waals surface area contributed by atoms with Gasteiger partial charge in [-0.15, -0.1) is 0 Å². The van der Waals surface area contributed by atoms with E-state index in [1.807, 2.05) is 0 Å². The van der Waals surface area contributed by atoms with Crippen molar-refractivity contribution in [2.24, 2.45) is 17.8 Å². The fourth-order valence-corrected chi connectivity index (χ4v) is 3.02. The summed E-state index contributed by atoms with van der Waals surface area (Å²) in [4.78, 5) is 2.46. The van der Waals surface area contributed by atoms with Gasteiger partial charge in [0.15, 0.2) is 0 Å². The molecule has 94 valence electrons. The molecule has 0 aromatic rings. The van der Waals surface area contributed by atoms with E-state index in [2.05, 4.69) is 18.7 Å². The van der Waals surface area contributed by atoms with Crippen molar-refractivity contribution in [1.82, 2.24) is 4.90 Å². The molecule has 0 amide bonds. The third-order valence-electron chi connectivity index (χ3n) is 3.90. The van der Waals surface area contributed by atoms with Gasteiger partial charge < -0.3 is 14.7 Å². The molecule has 0 spiro atoms. The first-order chi connectivity index (χ1) is 7.66. The Kier molecular flexibility index (Phi) is 4.22. The Morgan fingerprint density at radius 3 is 2.81 bits per heavy atom. The van der Waals surface area contributed by atoms with Gasteiger partial charge in [-0.25, -0.2) is 0 Å². The molecule has 0 bridgehead atoms. The van der Waals surface area contributed by atoms with Gasteiger partial charge in [0.2, 0.25) is 0 Å². The fraction of sp³-hybridized carbons (Fsp3) is 1.00. The van der Waals surface area contributed by atoms with E-state index in [1.54, 1.807) is 0 Å². The summed E-state index contributed by atoms with van der Waals surface area (Å²) >= 11 is 0. The minimum Gasteiger partial charge on any atom is -0.393 e. The number of ether oxygens (including phenoxy) is 1. The van der Waals surface area contributed by atoms with Crippen molar-refractivity contribution < 1.29 is 9.84 Å². The molecule has 0 radical (unpaired) electrons. The highest BCUT2D eigenvalue weighted by atomic mass is 16.5. The Labute approximate surface area is 98.8 Å². The lowest BCUT2D eigenvalue weighted by molar-refractivity contribution is 0.0834. The second-order valence-electron chi connectivity index (χ2n) is 5.80. The van der Waals surface area contributed by atoms with Crippen molar-refractivity contribution >= 4 is 0 Å². The Morgan fingerprint density at radius 2 is 2.12 bits per heavy atom. The molecule has 16 heavy (non-hydrogen) atoms. The minimum atomic E-state index is -0.0356. The summed E-state index contributed by atoms with van der Waals surface area (Å²) in [7, 11) is 0. The largest absolute Gasteiger partial charge is 0.393 e. The molecule has 0 aromatic carbocycles. The van der Waals surface area contributed by atoms with Gasteiger partial charge in [0, 0.05) is 32.2 Å². The first-order valence-corrected chi connectivity index (χ1v) is 6.65. The first kappa shape index (κ1) is 12.3. The van der Waals surface area contributed by atoms with Crippen molar-refractivity contribution in [3.63, 3.8) is 0 Å². The predicted octanol–water partition coefficient (Wildman–Crippen LogP) is 1.36. The lowest BCUT2D eigenvalue weighted by atomic mass is 10.00. The average molecular weight is 227 g/mol. The zero-order valence-electron chi connectivity index (χ0n) is 10.6. The molecular weight excluding hydrogens is 202 g/mol. The third-order valence-corrected chi connectivity index (χ3v) is 3.90. The molecule has 2 aliphatic rings. The molecule has 1 saturated carbocycles. The van der Waals surface area contributed by atoms with Crippen LogP contribution in [-0.2, 0) is 4.74 Å². The van der Waals surface area contributed by atoms with E-state index in [4.69, 9.17) is 4.74 Å². The van der Waals surface area contributed by atoms with Crippen molar-refractivity contribution in [2.75, 3.05) is 32.8 Å². The van der Waals surface area contributed by atoms with E-state index in [0.29, 0.717) is 11.8 Å². The predicted molar refractivity (Wildman–Crippen MR) is 64.3 cm³/mol.